The van der Waals surface area contributed by atoms with Gasteiger partial charge in [-0.15, -0.1) is 0 Å². The van der Waals surface area contributed by atoms with Crippen LogP contribution in [0.4, 0.5) is 0 Å². The average molecular weight is 308 g/mol. The van der Waals surface area contributed by atoms with Crippen molar-refractivity contribution in [3.63, 3.8) is 0 Å². The van der Waals surface area contributed by atoms with E-state index in [2.05, 4.69) is 28.2 Å². The number of thioether (sulfide) groups is 1. The number of hydrogen-bond donors (Lipinski definition) is 1. The van der Waals surface area contributed by atoms with Crippen LogP contribution >= 0.6 is 27.7 Å². The molecule has 16 heavy (non-hydrogen) atoms. The molecule has 94 valence electrons. The Morgan fingerprint density at radius 3 is 2.94 bits per heavy atom. The number of carbonyl (C=O) groups excluding carboxylic acids is 1. The maximum absolute atomic E-state index is 11.6. The summed E-state index contributed by atoms with van der Waals surface area (Å²) in [6.07, 6.45) is 6.38. The van der Waals surface area contributed by atoms with Crippen LogP contribution in [0.1, 0.15) is 45.4 Å². The molecule has 2 unspecified atom stereocenters. The molecule has 0 aromatic carbocycles. The molecule has 1 saturated carbocycles. The second-order valence-electron chi connectivity index (χ2n) is 4.30. The van der Waals surface area contributed by atoms with Crippen molar-refractivity contribution in [2.75, 3.05) is 11.1 Å². The first-order valence-electron chi connectivity index (χ1n) is 6.23. The lowest BCUT2D eigenvalue weighted by molar-refractivity contribution is -0.121. The fourth-order valence-electron chi connectivity index (χ4n) is 2.14. The van der Waals surface area contributed by atoms with Gasteiger partial charge in [-0.2, -0.15) is 11.8 Å². The fourth-order valence-corrected chi connectivity index (χ4v) is 3.68. The maximum atomic E-state index is 11.6. The Hall–Kier alpha value is 0.300. The van der Waals surface area contributed by atoms with Crippen molar-refractivity contribution in [2.45, 2.75) is 56.7 Å². The molecule has 1 fully saturated rings. The Morgan fingerprint density at radius 1 is 1.44 bits per heavy atom. The van der Waals surface area contributed by atoms with Gasteiger partial charge in [0.2, 0.25) is 5.91 Å². The summed E-state index contributed by atoms with van der Waals surface area (Å²) in [7, 11) is 0. The van der Waals surface area contributed by atoms with Crippen LogP contribution in [-0.4, -0.2) is 28.3 Å². The van der Waals surface area contributed by atoms with Crippen molar-refractivity contribution in [3.05, 3.63) is 0 Å². The van der Waals surface area contributed by atoms with Crippen molar-refractivity contribution >= 4 is 33.6 Å². The van der Waals surface area contributed by atoms with E-state index in [-0.39, 0.29) is 5.91 Å². The molecular formula is C12H22BrNOS. The summed E-state index contributed by atoms with van der Waals surface area (Å²) < 4.78 is 0. The van der Waals surface area contributed by atoms with Crippen LogP contribution in [-0.2, 0) is 4.79 Å². The summed E-state index contributed by atoms with van der Waals surface area (Å²) in [6, 6.07) is 0.445. The first kappa shape index (κ1) is 14.4. The highest BCUT2D eigenvalue weighted by Crippen LogP contribution is 2.29. The number of carbonyl (C=O) groups is 1. The SMILES string of the molecule is CCSC1CCC(NC(=O)CCCCBr)C1. The minimum absolute atomic E-state index is 0.244. The normalized spacial score (nSPS) is 24.6. The quantitative estimate of drug-likeness (QED) is 0.577. The van der Waals surface area contributed by atoms with E-state index >= 15 is 0 Å². The van der Waals surface area contributed by atoms with Gasteiger partial charge in [-0.1, -0.05) is 22.9 Å². The van der Waals surface area contributed by atoms with Gasteiger partial charge in [-0.05, 0) is 37.9 Å². The summed E-state index contributed by atoms with van der Waals surface area (Å²) in [6.45, 7) is 2.21. The lowest BCUT2D eigenvalue weighted by Crippen LogP contribution is -2.32. The maximum Gasteiger partial charge on any atom is 0.220 e. The molecule has 1 aliphatic carbocycles. The summed E-state index contributed by atoms with van der Waals surface area (Å²) >= 11 is 5.41. The van der Waals surface area contributed by atoms with E-state index in [1.54, 1.807) is 0 Å². The summed E-state index contributed by atoms with van der Waals surface area (Å²) in [5, 5.41) is 4.93. The van der Waals surface area contributed by atoms with Crippen LogP contribution in [0.5, 0.6) is 0 Å². The van der Waals surface area contributed by atoms with E-state index in [0.29, 0.717) is 12.5 Å². The van der Waals surface area contributed by atoms with Crippen LogP contribution in [0.25, 0.3) is 0 Å². The number of alkyl halides is 1. The molecule has 0 radical (unpaired) electrons. The molecule has 1 rings (SSSR count). The van der Waals surface area contributed by atoms with E-state index in [4.69, 9.17) is 0 Å². The molecule has 0 bridgehead atoms. The Morgan fingerprint density at radius 2 is 2.25 bits per heavy atom. The average Bonchev–Trinajstić information content (AvgIpc) is 2.66. The zero-order chi connectivity index (χ0) is 11.8. The third-order valence-corrected chi connectivity index (χ3v) is 4.73. The van der Waals surface area contributed by atoms with Gasteiger partial charge in [0.05, 0.1) is 0 Å². The minimum Gasteiger partial charge on any atom is -0.353 e. The lowest BCUT2D eigenvalue weighted by atomic mass is 10.2. The molecule has 4 heteroatoms. The number of rotatable bonds is 7. The number of unbranched alkanes of at least 4 members (excludes halogenated alkanes) is 1. The fraction of sp³-hybridized carbons (Fsp3) is 0.917. The number of hydrogen-bond acceptors (Lipinski definition) is 2. The molecule has 1 aliphatic rings. The van der Waals surface area contributed by atoms with Crippen LogP contribution < -0.4 is 5.32 Å². The number of amides is 1. The molecule has 1 amide bonds. The first-order valence-corrected chi connectivity index (χ1v) is 8.40. The zero-order valence-electron chi connectivity index (χ0n) is 10.0. The van der Waals surface area contributed by atoms with Crippen molar-refractivity contribution < 1.29 is 4.79 Å². The second-order valence-corrected chi connectivity index (χ2v) is 6.67. The minimum atomic E-state index is 0.244. The molecule has 2 atom stereocenters. The highest BCUT2D eigenvalue weighted by molar-refractivity contribution is 9.09. The smallest absolute Gasteiger partial charge is 0.220 e. The van der Waals surface area contributed by atoms with Gasteiger partial charge in [0.1, 0.15) is 0 Å². The molecule has 2 nitrogen and oxygen atoms in total. The highest BCUT2D eigenvalue weighted by Gasteiger charge is 2.25. The van der Waals surface area contributed by atoms with Gasteiger partial charge in [0.25, 0.3) is 0 Å². The van der Waals surface area contributed by atoms with Gasteiger partial charge >= 0.3 is 0 Å². The Labute approximate surface area is 111 Å². The molecule has 0 aromatic heterocycles. The second kappa shape index (κ2) is 8.40. The predicted octanol–water partition coefficient (Wildman–Crippen LogP) is 3.34. The van der Waals surface area contributed by atoms with Crippen molar-refractivity contribution in [3.8, 4) is 0 Å². The van der Waals surface area contributed by atoms with Crippen LogP contribution in [0, 0.1) is 0 Å². The van der Waals surface area contributed by atoms with Gasteiger partial charge < -0.3 is 5.32 Å². The molecule has 0 saturated heterocycles. The van der Waals surface area contributed by atoms with Gasteiger partial charge in [-0.3, -0.25) is 4.79 Å². The lowest BCUT2D eigenvalue weighted by Gasteiger charge is -2.12. The summed E-state index contributed by atoms with van der Waals surface area (Å²) in [5.74, 6) is 1.43. The molecular weight excluding hydrogens is 286 g/mol. The molecule has 0 spiro atoms. The van der Waals surface area contributed by atoms with E-state index in [1.807, 2.05) is 11.8 Å². The topological polar surface area (TPSA) is 29.1 Å². The monoisotopic (exact) mass is 307 g/mol. The summed E-state index contributed by atoms with van der Waals surface area (Å²) in [5.41, 5.74) is 0. The van der Waals surface area contributed by atoms with Gasteiger partial charge in [0.15, 0.2) is 0 Å². The molecule has 0 aliphatic heterocycles. The molecule has 1 N–H and O–H groups in total. The van der Waals surface area contributed by atoms with Crippen LogP contribution in [0.15, 0.2) is 0 Å². The molecule has 0 heterocycles. The highest BCUT2D eigenvalue weighted by atomic mass is 79.9. The van der Waals surface area contributed by atoms with Crippen LogP contribution in [0.2, 0.25) is 0 Å². The van der Waals surface area contributed by atoms with Crippen LogP contribution in [0.3, 0.4) is 0 Å². The van der Waals surface area contributed by atoms with Crippen molar-refractivity contribution in [1.82, 2.24) is 5.32 Å². The third-order valence-electron chi connectivity index (χ3n) is 2.94. The van der Waals surface area contributed by atoms with Gasteiger partial charge in [0, 0.05) is 23.0 Å². The Kier molecular flexibility index (Phi) is 7.54. The largest absolute Gasteiger partial charge is 0.353 e. The third kappa shape index (κ3) is 5.58. The van der Waals surface area contributed by atoms with E-state index in [9.17, 15) is 4.79 Å². The van der Waals surface area contributed by atoms with Crippen molar-refractivity contribution in [2.24, 2.45) is 0 Å². The first-order chi connectivity index (χ1) is 7.76. The summed E-state index contributed by atoms with van der Waals surface area (Å²) in [4.78, 5) is 11.6. The van der Waals surface area contributed by atoms with E-state index in [1.165, 1.54) is 25.0 Å². The van der Waals surface area contributed by atoms with Crippen molar-refractivity contribution in [1.29, 1.82) is 0 Å². The zero-order valence-corrected chi connectivity index (χ0v) is 12.4. The Balaban J connectivity index is 2.11. The van der Waals surface area contributed by atoms with E-state index < -0.39 is 0 Å². The number of nitrogens with one attached hydrogen (secondary N) is 1. The molecule has 0 aromatic rings. The number of halogens is 1. The van der Waals surface area contributed by atoms with E-state index in [0.717, 1.165) is 23.4 Å². The standard InChI is InChI=1S/C12H22BrNOS/c1-2-16-11-7-6-10(9-11)14-12(15)5-3-4-8-13/h10-11H,2-9H2,1H3,(H,14,15). The Bertz CT molecular complexity index is 213. The van der Waals surface area contributed by atoms with Gasteiger partial charge in [-0.25, -0.2) is 0 Å². The predicted molar refractivity (Wildman–Crippen MR) is 75.3 cm³/mol.